The van der Waals surface area contributed by atoms with Crippen molar-refractivity contribution in [1.29, 1.82) is 0 Å². The van der Waals surface area contributed by atoms with Crippen LogP contribution < -0.4 is 9.47 Å². The zero-order valence-electron chi connectivity index (χ0n) is 13.6. The van der Waals surface area contributed by atoms with E-state index in [9.17, 15) is 4.79 Å². The maximum atomic E-state index is 12.1. The van der Waals surface area contributed by atoms with E-state index < -0.39 is 0 Å². The summed E-state index contributed by atoms with van der Waals surface area (Å²) in [6, 6.07) is 19.8. The predicted molar refractivity (Wildman–Crippen MR) is 98.0 cm³/mol. The summed E-state index contributed by atoms with van der Waals surface area (Å²) < 4.78 is 10.7. The molecule has 0 aliphatic heterocycles. The number of carbonyl (C=O) groups excluding carboxylic acids is 1. The molecule has 3 nitrogen and oxygen atoms in total. The predicted octanol–water partition coefficient (Wildman–Crippen LogP) is 4.85. The van der Waals surface area contributed by atoms with Crippen molar-refractivity contribution in [2.45, 2.75) is 11.8 Å². The summed E-state index contributed by atoms with van der Waals surface area (Å²) in [7, 11) is 1.57. The van der Waals surface area contributed by atoms with Crippen molar-refractivity contribution in [3.63, 3.8) is 0 Å². The molecular weight excluding hydrogens is 320 g/mol. The number of aryl methyl sites for hydroxylation is 1. The second-order valence-electron chi connectivity index (χ2n) is 5.43. The number of hydrogen-bond donors (Lipinski definition) is 0. The standard InChI is InChI=1S/C20H18O3S/c1-14-7-10-18(19(11-14)22-2)23-20(21)13-24-17-9-8-15-5-3-4-6-16(15)12-17/h3-12H,13H2,1-2H3. The third-order valence-corrected chi connectivity index (χ3v) is 4.59. The van der Waals surface area contributed by atoms with Crippen molar-refractivity contribution in [2.75, 3.05) is 12.9 Å². The number of rotatable bonds is 5. The Labute approximate surface area is 145 Å². The number of thioether (sulfide) groups is 1. The SMILES string of the molecule is COc1cc(C)ccc1OC(=O)CSc1ccc2ccccc2c1. The molecule has 0 N–H and O–H groups in total. The zero-order chi connectivity index (χ0) is 16.9. The molecule has 0 atom stereocenters. The molecule has 0 spiro atoms. The van der Waals surface area contributed by atoms with Gasteiger partial charge < -0.3 is 9.47 Å². The largest absolute Gasteiger partial charge is 0.493 e. The molecule has 0 saturated carbocycles. The van der Waals surface area contributed by atoms with Crippen LogP contribution in [0.2, 0.25) is 0 Å². The minimum atomic E-state index is -0.296. The van der Waals surface area contributed by atoms with E-state index in [-0.39, 0.29) is 11.7 Å². The summed E-state index contributed by atoms with van der Waals surface area (Å²) >= 11 is 1.46. The van der Waals surface area contributed by atoms with Crippen LogP contribution in [0.15, 0.2) is 65.6 Å². The first kappa shape index (κ1) is 16.4. The number of esters is 1. The van der Waals surface area contributed by atoms with Gasteiger partial charge in [0.05, 0.1) is 12.9 Å². The smallest absolute Gasteiger partial charge is 0.321 e. The minimum absolute atomic E-state index is 0.245. The van der Waals surface area contributed by atoms with Crippen molar-refractivity contribution in [2.24, 2.45) is 0 Å². The first-order chi connectivity index (χ1) is 11.7. The summed E-state index contributed by atoms with van der Waals surface area (Å²) in [6.07, 6.45) is 0. The van der Waals surface area contributed by atoms with Crippen LogP contribution in [0, 0.1) is 6.92 Å². The Morgan fingerprint density at radius 3 is 2.54 bits per heavy atom. The van der Waals surface area contributed by atoms with E-state index in [0.29, 0.717) is 11.5 Å². The van der Waals surface area contributed by atoms with Gasteiger partial charge in [-0.15, -0.1) is 11.8 Å². The van der Waals surface area contributed by atoms with Gasteiger partial charge in [0, 0.05) is 4.90 Å². The van der Waals surface area contributed by atoms with E-state index in [2.05, 4.69) is 24.3 Å². The van der Waals surface area contributed by atoms with E-state index in [1.54, 1.807) is 13.2 Å². The highest BCUT2D eigenvalue weighted by Crippen LogP contribution is 2.29. The van der Waals surface area contributed by atoms with Crippen LogP contribution in [0.25, 0.3) is 10.8 Å². The molecule has 0 aromatic heterocycles. The second kappa shape index (κ2) is 7.41. The number of ether oxygens (including phenoxy) is 2. The van der Waals surface area contributed by atoms with Crippen LogP contribution in [0.1, 0.15) is 5.56 Å². The number of carbonyl (C=O) groups is 1. The lowest BCUT2D eigenvalue weighted by atomic mass is 10.1. The highest BCUT2D eigenvalue weighted by atomic mass is 32.2. The van der Waals surface area contributed by atoms with Crippen LogP contribution in [0.5, 0.6) is 11.5 Å². The third kappa shape index (κ3) is 3.89. The number of methoxy groups -OCH3 is 1. The third-order valence-electron chi connectivity index (χ3n) is 3.62. The lowest BCUT2D eigenvalue weighted by Crippen LogP contribution is -2.11. The van der Waals surface area contributed by atoms with Crippen LogP contribution in [-0.4, -0.2) is 18.8 Å². The molecule has 122 valence electrons. The lowest BCUT2D eigenvalue weighted by Gasteiger charge is -2.10. The van der Waals surface area contributed by atoms with Gasteiger partial charge in [-0.1, -0.05) is 36.4 Å². The molecule has 3 rings (SSSR count). The molecule has 0 radical (unpaired) electrons. The second-order valence-corrected chi connectivity index (χ2v) is 6.47. The zero-order valence-corrected chi connectivity index (χ0v) is 14.4. The van der Waals surface area contributed by atoms with Gasteiger partial charge in [0.25, 0.3) is 0 Å². The van der Waals surface area contributed by atoms with Crippen molar-refractivity contribution >= 4 is 28.5 Å². The van der Waals surface area contributed by atoms with E-state index in [1.807, 2.05) is 37.3 Å². The average molecular weight is 338 g/mol. The molecule has 0 unspecified atom stereocenters. The maximum Gasteiger partial charge on any atom is 0.321 e. The van der Waals surface area contributed by atoms with E-state index in [4.69, 9.17) is 9.47 Å². The highest BCUT2D eigenvalue weighted by Gasteiger charge is 2.11. The first-order valence-corrected chi connectivity index (χ1v) is 8.61. The fourth-order valence-corrected chi connectivity index (χ4v) is 3.13. The summed E-state index contributed by atoms with van der Waals surface area (Å²) in [4.78, 5) is 13.1. The van der Waals surface area contributed by atoms with Gasteiger partial charge in [0.15, 0.2) is 11.5 Å². The summed E-state index contributed by atoms with van der Waals surface area (Å²) in [5.41, 5.74) is 1.05. The molecule has 3 aromatic carbocycles. The average Bonchev–Trinajstić information content (AvgIpc) is 2.61. The van der Waals surface area contributed by atoms with E-state index >= 15 is 0 Å². The molecular formula is C20H18O3S. The van der Waals surface area contributed by atoms with Gasteiger partial charge in [0.2, 0.25) is 0 Å². The normalized spacial score (nSPS) is 10.6. The van der Waals surface area contributed by atoms with Crippen molar-refractivity contribution in [3.05, 3.63) is 66.2 Å². The Bertz CT molecular complexity index is 874. The molecule has 0 amide bonds. The van der Waals surface area contributed by atoms with Crippen LogP contribution in [0.4, 0.5) is 0 Å². The van der Waals surface area contributed by atoms with Crippen molar-refractivity contribution in [3.8, 4) is 11.5 Å². The van der Waals surface area contributed by atoms with Crippen LogP contribution in [-0.2, 0) is 4.79 Å². The molecule has 0 fully saturated rings. The van der Waals surface area contributed by atoms with Gasteiger partial charge in [-0.3, -0.25) is 4.79 Å². The van der Waals surface area contributed by atoms with Gasteiger partial charge in [-0.05, 0) is 47.5 Å². The Morgan fingerprint density at radius 2 is 1.75 bits per heavy atom. The molecule has 4 heteroatoms. The maximum absolute atomic E-state index is 12.1. The van der Waals surface area contributed by atoms with Crippen LogP contribution >= 0.6 is 11.8 Å². The van der Waals surface area contributed by atoms with Gasteiger partial charge >= 0.3 is 5.97 Å². The molecule has 0 heterocycles. The number of fused-ring (bicyclic) bond motifs is 1. The molecule has 0 saturated heterocycles. The summed E-state index contributed by atoms with van der Waals surface area (Å²) in [5, 5.41) is 2.35. The van der Waals surface area contributed by atoms with Crippen molar-refractivity contribution in [1.82, 2.24) is 0 Å². The Hall–Kier alpha value is -2.46. The minimum Gasteiger partial charge on any atom is -0.493 e. The first-order valence-electron chi connectivity index (χ1n) is 7.62. The van der Waals surface area contributed by atoms with E-state index in [0.717, 1.165) is 15.8 Å². The number of benzene rings is 3. The fraction of sp³-hybridized carbons (Fsp3) is 0.150. The van der Waals surface area contributed by atoms with Gasteiger partial charge in [0.1, 0.15) is 0 Å². The van der Waals surface area contributed by atoms with Crippen molar-refractivity contribution < 1.29 is 14.3 Å². The molecule has 0 aliphatic rings. The van der Waals surface area contributed by atoms with Gasteiger partial charge in [-0.25, -0.2) is 0 Å². The Balaban J connectivity index is 1.64. The topological polar surface area (TPSA) is 35.5 Å². The number of hydrogen-bond acceptors (Lipinski definition) is 4. The Kier molecular flexibility index (Phi) is 5.06. The Morgan fingerprint density at radius 1 is 0.958 bits per heavy atom. The quantitative estimate of drug-likeness (QED) is 0.378. The molecule has 24 heavy (non-hydrogen) atoms. The van der Waals surface area contributed by atoms with E-state index in [1.165, 1.54) is 17.1 Å². The summed E-state index contributed by atoms with van der Waals surface area (Å²) in [6.45, 7) is 1.96. The molecule has 3 aromatic rings. The summed E-state index contributed by atoms with van der Waals surface area (Å²) in [5.74, 6) is 0.969. The highest BCUT2D eigenvalue weighted by molar-refractivity contribution is 8.00. The van der Waals surface area contributed by atoms with Gasteiger partial charge in [-0.2, -0.15) is 0 Å². The fourth-order valence-electron chi connectivity index (χ4n) is 2.41. The molecule has 0 bridgehead atoms. The van der Waals surface area contributed by atoms with Crippen LogP contribution in [0.3, 0.4) is 0 Å². The monoisotopic (exact) mass is 338 g/mol. The lowest BCUT2D eigenvalue weighted by molar-refractivity contribution is -0.131. The molecule has 0 aliphatic carbocycles.